The summed E-state index contributed by atoms with van der Waals surface area (Å²) in [7, 11) is -3.15. The highest BCUT2D eigenvalue weighted by atomic mass is 32.2. The molecule has 0 unspecified atom stereocenters. The van der Waals surface area contributed by atoms with Crippen molar-refractivity contribution in [3.8, 4) is 0 Å². The third-order valence-corrected chi connectivity index (χ3v) is 8.01. The number of nitrogens with zero attached hydrogens (tertiary/aromatic N) is 2. The topological polar surface area (TPSA) is 57.7 Å². The van der Waals surface area contributed by atoms with E-state index in [-0.39, 0.29) is 5.41 Å². The first-order valence-electron chi connectivity index (χ1n) is 9.10. The van der Waals surface area contributed by atoms with Crippen LogP contribution in [0.5, 0.6) is 0 Å². The fraction of sp³-hybridized carbons (Fsp3) is 0.941. The van der Waals surface area contributed by atoms with Gasteiger partial charge >= 0.3 is 0 Å². The van der Waals surface area contributed by atoms with Gasteiger partial charge in [-0.25, -0.2) is 12.7 Å². The fourth-order valence-electron chi connectivity index (χ4n) is 6.14. The van der Waals surface area contributed by atoms with E-state index < -0.39 is 10.0 Å². The number of hydrogen-bond acceptors (Lipinski definition) is 3. The van der Waals surface area contributed by atoms with Crippen molar-refractivity contribution in [2.45, 2.75) is 44.9 Å². The van der Waals surface area contributed by atoms with Gasteiger partial charge in [-0.2, -0.15) is 0 Å². The summed E-state index contributed by atoms with van der Waals surface area (Å²) < 4.78 is 25.0. The van der Waals surface area contributed by atoms with E-state index in [9.17, 15) is 13.2 Å². The lowest BCUT2D eigenvalue weighted by atomic mass is 9.49. The summed E-state index contributed by atoms with van der Waals surface area (Å²) in [4.78, 5) is 15.3. The number of hydrogen-bond donors (Lipinski definition) is 0. The van der Waals surface area contributed by atoms with E-state index in [0.29, 0.717) is 32.1 Å². The van der Waals surface area contributed by atoms with Crippen molar-refractivity contribution < 1.29 is 13.2 Å². The average Bonchev–Trinajstić information content (AvgIpc) is 2.70. The van der Waals surface area contributed by atoms with Gasteiger partial charge in [-0.1, -0.05) is 0 Å². The van der Waals surface area contributed by atoms with E-state index in [2.05, 4.69) is 0 Å². The Labute approximate surface area is 139 Å². The Bertz CT molecular complexity index is 566. The lowest BCUT2D eigenvalue weighted by molar-refractivity contribution is -0.157. The van der Waals surface area contributed by atoms with E-state index in [1.807, 2.05) is 4.90 Å². The smallest absolute Gasteiger partial charge is 0.228 e. The molecule has 6 heteroatoms. The molecule has 4 saturated carbocycles. The van der Waals surface area contributed by atoms with E-state index in [4.69, 9.17) is 0 Å². The van der Waals surface area contributed by atoms with Gasteiger partial charge in [0.2, 0.25) is 15.9 Å². The lowest BCUT2D eigenvalue weighted by Crippen LogP contribution is -2.55. The van der Waals surface area contributed by atoms with E-state index >= 15 is 0 Å². The van der Waals surface area contributed by atoms with Gasteiger partial charge in [0, 0.05) is 26.2 Å². The van der Waals surface area contributed by atoms with Crippen LogP contribution in [-0.2, 0) is 14.8 Å². The molecule has 130 valence electrons. The number of carbonyl (C=O) groups excluding carboxylic acids is 1. The molecule has 0 aromatic carbocycles. The zero-order valence-corrected chi connectivity index (χ0v) is 14.9. The number of carbonyl (C=O) groups is 1. The van der Waals surface area contributed by atoms with Gasteiger partial charge in [-0.15, -0.1) is 0 Å². The van der Waals surface area contributed by atoms with Crippen LogP contribution in [0.1, 0.15) is 44.9 Å². The Morgan fingerprint density at radius 3 is 2.00 bits per heavy atom. The van der Waals surface area contributed by atoms with Gasteiger partial charge in [0.05, 0.1) is 11.7 Å². The molecule has 0 radical (unpaired) electrons. The van der Waals surface area contributed by atoms with Crippen molar-refractivity contribution in [3.63, 3.8) is 0 Å². The third kappa shape index (κ3) is 2.82. The first-order chi connectivity index (χ1) is 10.9. The Kier molecular flexibility index (Phi) is 3.76. The maximum absolute atomic E-state index is 13.3. The first kappa shape index (κ1) is 15.9. The third-order valence-electron chi connectivity index (χ3n) is 6.70. The normalized spacial score (nSPS) is 41.1. The summed E-state index contributed by atoms with van der Waals surface area (Å²) in [6, 6.07) is 0. The molecule has 4 aliphatic carbocycles. The van der Waals surface area contributed by atoms with Gasteiger partial charge in [-0.3, -0.25) is 4.79 Å². The van der Waals surface area contributed by atoms with Gasteiger partial charge in [0.1, 0.15) is 0 Å². The zero-order valence-electron chi connectivity index (χ0n) is 14.0. The molecule has 0 N–H and O–H groups in total. The van der Waals surface area contributed by atoms with Gasteiger partial charge in [-0.05, 0) is 62.7 Å². The quantitative estimate of drug-likeness (QED) is 0.769. The number of rotatable bonds is 2. The molecule has 4 bridgehead atoms. The highest BCUT2D eigenvalue weighted by Crippen LogP contribution is 2.60. The van der Waals surface area contributed by atoms with Crippen LogP contribution in [-0.4, -0.2) is 56.0 Å². The van der Waals surface area contributed by atoms with E-state index in [1.54, 1.807) is 0 Å². The van der Waals surface area contributed by atoms with Crippen LogP contribution in [0, 0.1) is 23.2 Å². The van der Waals surface area contributed by atoms with Crippen LogP contribution in [0.25, 0.3) is 0 Å². The first-order valence-corrected chi connectivity index (χ1v) is 11.0. The summed E-state index contributed by atoms with van der Waals surface area (Å²) in [5.41, 5.74) is -0.102. The summed E-state index contributed by atoms with van der Waals surface area (Å²) >= 11 is 0. The number of sulfonamides is 1. The molecule has 1 amide bonds. The minimum Gasteiger partial charge on any atom is -0.341 e. The SMILES string of the molecule is CS(=O)(=O)N1CCCN(C(=O)C23CC4CC(CC(C4)C2)C3)CC1. The Balaban J connectivity index is 1.49. The summed E-state index contributed by atoms with van der Waals surface area (Å²) in [5.74, 6) is 2.64. The predicted octanol–water partition coefficient (Wildman–Crippen LogP) is 1.70. The standard InChI is InChI=1S/C17H28N2O3S/c1-23(21,22)19-4-2-3-18(5-6-19)16(20)17-10-13-7-14(11-17)9-15(8-13)12-17/h13-15H,2-12H2,1H3. The molecule has 5 aliphatic rings. The van der Waals surface area contributed by atoms with Crippen LogP contribution in [0.15, 0.2) is 0 Å². The largest absolute Gasteiger partial charge is 0.341 e. The van der Waals surface area contributed by atoms with Gasteiger partial charge in [0.15, 0.2) is 0 Å². The highest BCUT2D eigenvalue weighted by molar-refractivity contribution is 7.88. The number of amides is 1. The molecule has 23 heavy (non-hydrogen) atoms. The lowest BCUT2D eigenvalue weighted by Gasteiger charge is -2.56. The van der Waals surface area contributed by atoms with Crippen LogP contribution in [0.3, 0.4) is 0 Å². The Morgan fingerprint density at radius 2 is 1.48 bits per heavy atom. The Morgan fingerprint density at radius 1 is 0.913 bits per heavy atom. The maximum atomic E-state index is 13.3. The molecule has 1 heterocycles. The molecule has 5 fully saturated rings. The second kappa shape index (κ2) is 5.45. The van der Waals surface area contributed by atoms with Crippen molar-refractivity contribution in [1.82, 2.24) is 9.21 Å². The Hall–Kier alpha value is -0.620. The summed E-state index contributed by atoms with van der Waals surface area (Å²) in [6.07, 6.45) is 9.31. The highest BCUT2D eigenvalue weighted by Gasteiger charge is 2.55. The van der Waals surface area contributed by atoms with Crippen molar-refractivity contribution >= 4 is 15.9 Å². The van der Waals surface area contributed by atoms with Crippen LogP contribution in [0.2, 0.25) is 0 Å². The second-order valence-electron chi connectivity index (χ2n) is 8.51. The van der Waals surface area contributed by atoms with Crippen molar-refractivity contribution in [2.24, 2.45) is 23.2 Å². The van der Waals surface area contributed by atoms with E-state index in [1.165, 1.54) is 29.8 Å². The summed E-state index contributed by atoms with van der Waals surface area (Å²) in [6.45, 7) is 2.28. The molecule has 1 saturated heterocycles. The molecule has 5 rings (SSSR count). The van der Waals surface area contributed by atoms with Crippen LogP contribution in [0.4, 0.5) is 0 Å². The second-order valence-corrected chi connectivity index (χ2v) is 10.5. The van der Waals surface area contributed by atoms with Crippen LogP contribution < -0.4 is 0 Å². The molecule has 0 aromatic rings. The molecule has 5 nitrogen and oxygen atoms in total. The fourth-order valence-corrected chi connectivity index (χ4v) is 7.01. The molecule has 0 spiro atoms. The van der Waals surface area contributed by atoms with E-state index in [0.717, 1.165) is 43.4 Å². The maximum Gasteiger partial charge on any atom is 0.228 e. The molecular weight excluding hydrogens is 312 g/mol. The molecule has 0 atom stereocenters. The average molecular weight is 340 g/mol. The molecule has 1 aliphatic heterocycles. The van der Waals surface area contributed by atoms with Gasteiger partial charge in [0.25, 0.3) is 0 Å². The minimum atomic E-state index is -3.15. The van der Waals surface area contributed by atoms with Crippen molar-refractivity contribution in [2.75, 3.05) is 32.4 Å². The minimum absolute atomic E-state index is 0.102. The molecular formula is C17H28N2O3S. The molecule has 0 aromatic heterocycles. The monoisotopic (exact) mass is 340 g/mol. The van der Waals surface area contributed by atoms with Crippen molar-refractivity contribution in [1.29, 1.82) is 0 Å². The predicted molar refractivity (Wildman–Crippen MR) is 88.2 cm³/mol. The van der Waals surface area contributed by atoms with Gasteiger partial charge < -0.3 is 4.90 Å². The summed E-state index contributed by atoms with van der Waals surface area (Å²) in [5, 5.41) is 0. The van der Waals surface area contributed by atoms with Crippen LogP contribution >= 0.6 is 0 Å². The zero-order chi connectivity index (χ0) is 16.2. The van der Waals surface area contributed by atoms with Crippen molar-refractivity contribution in [3.05, 3.63) is 0 Å².